The minimum Gasteiger partial charge on any atom is -0.344 e. The number of piperidine rings is 1. The first-order valence-corrected chi connectivity index (χ1v) is 12.1. The zero-order chi connectivity index (χ0) is 21.5. The van der Waals surface area contributed by atoms with Gasteiger partial charge in [-0.05, 0) is 54.2 Å². The fourth-order valence-electron chi connectivity index (χ4n) is 4.14. The molecule has 0 bridgehead atoms. The van der Waals surface area contributed by atoms with Gasteiger partial charge in [-0.2, -0.15) is 0 Å². The number of nitrogens with zero attached hydrogens (tertiary/aromatic N) is 1. The average molecular weight is 427 g/mol. The highest BCUT2D eigenvalue weighted by atomic mass is 32.1. The van der Waals surface area contributed by atoms with Gasteiger partial charge in [0.05, 0.1) is 12.0 Å². The second-order valence-corrected chi connectivity index (χ2v) is 9.70. The van der Waals surface area contributed by atoms with Crippen molar-refractivity contribution in [3.8, 4) is 0 Å². The van der Waals surface area contributed by atoms with Crippen LogP contribution in [0.25, 0.3) is 0 Å². The SMILES string of the molecule is CCCC(=O)N1CCCC(C(=O)NC(c2ccc(CC(C)C)cc2)c2cccs2)C1. The Morgan fingerprint density at radius 2 is 1.97 bits per heavy atom. The fraction of sp³-hybridized carbons (Fsp3) is 0.520. The van der Waals surface area contributed by atoms with E-state index in [1.165, 1.54) is 5.56 Å². The van der Waals surface area contributed by atoms with Gasteiger partial charge in [0.15, 0.2) is 0 Å². The highest BCUT2D eigenvalue weighted by molar-refractivity contribution is 7.10. The van der Waals surface area contributed by atoms with Crippen LogP contribution in [0.1, 0.15) is 68.5 Å². The molecule has 4 nitrogen and oxygen atoms in total. The summed E-state index contributed by atoms with van der Waals surface area (Å²) in [7, 11) is 0. The third-order valence-corrected chi connectivity index (χ3v) is 6.62. The van der Waals surface area contributed by atoms with Crippen molar-refractivity contribution in [3.63, 3.8) is 0 Å². The fourth-order valence-corrected chi connectivity index (χ4v) is 4.94. The van der Waals surface area contributed by atoms with Crippen LogP contribution in [0.5, 0.6) is 0 Å². The van der Waals surface area contributed by atoms with Gasteiger partial charge in [-0.15, -0.1) is 11.3 Å². The molecular formula is C25H34N2O2S. The van der Waals surface area contributed by atoms with Gasteiger partial charge in [0.1, 0.15) is 0 Å². The van der Waals surface area contributed by atoms with Gasteiger partial charge in [-0.25, -0.2) is 0 Å². The van der Waals surface area contributed by atoms with Crippen LogP contribution in [0.4, 0.5) is 0 Å². The number of likely N-dealkylation sites (tertiary alicyclic amines) is 1. The first kappa shape index (κ1) is 22.5. The molecule has 1 fully saturated rings. The molecule has 162 valence electrons. The maximum atomic E-state index is 13.2. The Balaban J connectivity index is 1.72. The maximum Gasteiger partial charge on any atom is 0.225 e. The Morgan fingerprint density at radius 1 is 1.20 bits per heavy atom. The van der Waals surface area contributed by atoms with Crippen LogP contribution < -0.4 is 5.32 Å². The lowest BCUT2D eigenvalue weighted by Gasteiger charge is -2.33. The summed E-state index contributed by atoms with van der Waals surface area (Å²) in [6.45, 7) is 7.77. The minimum atomic E-state index is -0.146. The van der Waals surface area contributed by atoms with Gasteiger partial charge in [-0.3, -0.25) is 9.59 Å². The topological polar surface area (TPSA) is 49.4 Å². The Morgan fingerprint density at radius 3 is 2.60 bits per heavy atom. The van der Waals surface area contributed by atoms with E-state index in [1.54, 1.807) is 11.3 Å². The Hall–Kier alpha value is -2.14. The van der Waals surface area contributed by atoms with E-state index in [4.69, 9.17) is 0 Å². The summed E-state index contributed by atoms with van der Waals surface area (Å²) >= 11 is 1.66. The van der Waals surface area contributed by atoms with E-state index in [9.17, 15) is 9.59 Å². The van der Waals surface area contributed by atoms with Crippen LogP contribution in [0.3, 0.4) is 0 Å². The van der Waals surface area contributed by atoms with Crippen molar-refractivity contribution in [1.82, 2.24) is 10.2 Å². The molecule has 30 heavy (non-hydrogen) atoms. The third-order valence-electron chi connectivity index (χ3n) is 5.68. The minimum absolute atomic E-state index is 0.0497. The summed E-state index contributed by atoms with van der Waals surface area (Å²) in [4.78, 5) is 28.5. The molecule has 0 radical (unpaired) electrons. The van der Waals surface area contributed by atoms with Gasteiger partial charge in [0.2, 0.25) is 11.8 Å². The van der Waals surface area contributed by atoms with Gasteiger partial charge in [-0.1, -0.05) is 51.1 Å². The van der Waals surface area contributed by atoms with Crippen molar-refractivity contribution in [1.29, 1.82) is 0 Å². The predicted molar refractivity (Wildman–Crippen MR) is 124 cm³/mol. The molecule has 1 aromatic carbocycles. The van der Waals surface area contributed by atoms with E-state index < -0.39 is 0 Å². The molecule has 1 saturated heterocycles. The number of carbonyl (C=O) groups excluding carboxylic acids is 2. The highest BCUT2D eigenvalue weighted by Crippen LogP contribution is 2.28. The van der Waals surface area contributed by atoms with Crippen LogP contribution in [-0.2, 0) is 16.0 Å². The Bertz CT molecular complexity index is 814. The number of carbonyl (C=O) groups is 2. The van der Waals surface area contributed by atoms with E-state index in [0.717, 1.165) is 42.7 Å². The molecule has 1 aromatic heterocycles. The first-order chi connectivity index (χ1) is 14.5. The average Bonchev–Trinajstić information content (AvgIpc) is 3.27. The Kier molecular flexibility index (Phi) is 8.08. The largest absolute Gasteiger partial charge is 0.344 e. The van der Waals surface area contributed by atoms with Crippen LogP contribution in [0, 0.1) is 11.8 Å². The molecule has 2 unspecified atom stereocenters. The smallest absolute Gasteiger partial charge is 0.225 e. The molecule has 2 amide bonds. The normalized spacial score (nSPS) is 17.7. The van der Waals surface area contributed by atoms with E-state index in [-0.39, 0.29) is 23.8 Å². The second-order valence-electron chi connectivity index (χ2n) is 8.73. The standard InChI is InChI=1S/C25H34N2O2S/c1-4-7-23(28)27-14-5-8-21(17-27)25(29)26-24(22-9-6-15-30-22)20-12-10-19(11-13-20)16-18(2)3/h6,9-13,15,18,21,24H,4-5,7-8,14,16-17H2,1-3H3,(H,26,29). The predicted octanol–water partition coefficient (Wildman–Crippen LogP) is 5.19. The molecule has 2 aromatic rings. The van der Waals surface area contributed by atoms with E-state index >= 15 is 0 Å². The van der Waals surface area contributed by atoms with Gasteiger partial charge in [0.25, 0.3) is 0 Å². The maximum absolute atomic E-state index is 13.2. The van der Waals surface area contributed by atoms with Crippen molar-refractivity contribution in [2.45, 2.75) is 58.9 Å². The van der Waals surface area contributed by atoms with Crippen LogP contribution >= 0.6 is 11.3 Å². The lowest BCUT2D eigenvalue weighted by molar-refractivity contribution is -0.135. The summed E-state index contributed by atoms with van der Waals surface area (Å²) in [5.74, 6) is 0.703. The zero-order valence-electron chi connectivity index (χ0n) is 18.4. The lowest BCUT2D eigenvalue weighted by Crippen LogP contribution is -2.46. The number of hydrogen-bond acceptors (Lipinski definition) is 3. The molecule has 1 aliphatic heterocycles. The van der Waals surface area contributed by atoms with Crippen molar-refractivity contribution in [2.24, 2.45) is 11.8 Å². The lowest BCUT2D eigenvalue weighted by atomic mass is 9.95. The molecule has 0 spiro atoms. The third kappa shape index (κ3) is 5.94. The molecule has 0 saturated carbocycles. The van der Waals surface area contributed by atoms with Crippen LogP contribution in [0.15, 0.2) is 41.8 Å². The molecule has 5 heteroatoms. The van der Waals surface area contributed by atoms with Gasteiger partial charge < -0.3 is 10.2 Å². The summed E-state index contributed by atoms with van der Waals surface area (Å²) < 4.78 is 0. The number of amides is 2. The summed E-state index contributed by atoms with van der Waals surface area (Å²) in [6, 6.07) is 12.6. The summed E-state index contributed by atoms with van der Waals surface area (Å²) in [5.41, 5.74) is 2.43. The van der Waals surface area contributed by atoms with Crippen LogP contribution in [-0.4, -0.2) is 29.8 Å². The first-order valence-electron chi connectivity index (χ1n) is 11.2. The molecule has 1 aliphatic rings. The number of benzene rings is 1. The number of thiophene rings is 1. The van der Waals surface area contributed by atoms with Gasteiger partial charge >= 0.3 is 0 Å². The van der Waals surface area contributed by atoms with E-state index in [1.807, 2.05) is 23.3 Å². The summed E-state index contributed by atoms with van der Waals surface area (Å²) in [5, 5.41) is 5.34. The number of rotatable bonds is 8. The monoisotopic (exact) mass is 426 g/mol. The molecule has 2 atom stereocenters. The van der Waals surface area contributed by atoms with E-state index in [2.05, 4.69) is 49.5 Å². The molecule has 0 aliphatic carbocycles. The summed E-state index contributed by atoms with van der Waals surface area (Å²) in [6.07, 6.45) is 4.20. The van der Waals surface area contributed by atoms with E-state index in [0.29, 0.717) is 18.9 Å². The zero-order valence-corrected chi connectivity index (χ0v) is 19.2. The highest BCUT2D eigenvalue weighted by Gasteiger charge is 2.30. The molecule has 3 rings (SSSR count). The van der Waals surface area contributed by atoms with Gasteiger partial charge in [0, 0.05) is 24.4 Å². The van der Waals surface area contributed by atoms with Crippen molar-refractivity contribution in [3.05, 3.63) is 57.8 Å². The van der Waals surface area contributed by atoms with Crippen LogP contribution in [0.2, 0.25) is 0 Å². The van der Waals surface area contributed by atoms with Crippen molar-refractivity contribution < 1.29 is 9.59 Å². The number of nitrogens with one attached hydrogen (secondary N) is 1. The Labute approximate surface area is 184 Å². The molecule has 2 heterocycles. The molecule has 1 N–H and O–H groups in total. The quantitative estimate of drug-likeness (QED) is 0.631. The second kappa shape index (κ2) is 10.8. The molecular weight excluding hydrogens is 392 g/mol. The van der Waals surface area contributed by atoms with Crippen molar-refractivity contribution >= 4 is 23.2 Å². The number of hydrogen-bond donors (Lipinski definition) is 1. The van der Waals surface area contributed by atoms with Crippen molar-refractivity contribution in [2.75, 3.05) is 13.1 Å².